The van der Waals surface area contributed by atoms with Gasteiger partial charge in [0, 0.05) is 0 Å². The first-order chi connectivity index (χ1) is 11.8. The Bertz CT molecular complexity index is 623. The highest BCUT2D eigenvalue weighted by molar-refractivity contribution is 5.88. The van der Waals surface area contributed by atoms with E-state index in [0.717, 1.165) is 11.0 Å². The normalized spacial score (nSPS) is 28.5. The van der Waals surface area contributed by atoms with Crippen molar-refractivity contribution in [1.82, 2.24) is 14.8 Å². The van der Waals surface area contributed by atoms with E-state index in [9.17, 15) is 19.8 Å². The topological polar surface area (TPSA) is 176 Å². The molecule has 0 bridgehead atoms. The van der Waals surface area contributed by atoms with E-state index < -0.39 is 42.5 Å². The molecule has 2 heterocycles. The van der Waals surface area contributed by atoms with Crippen molar-refractivity contribution in [1.29, 1.82) is 0 Å². The SMILES string of the molecule is CCC(C)[C@H](N)C(=O)OC[C@@H]1O[C@H](n2cnc(C(N)=O)n2)[C@@H](O)[C@H]1O. The maximum Gasteiger partial charge on any atom is 0.323 e. The summed E-state index contributed by atoms with van der Waals surface area (Å²) in [5.41, 5.74) is 10.8. The number of hydrogen-bond acceptors (Lipinski definition) is 9. The van der Waals surface area contributed by atoms with Crippen LogP contribution in [0, 0.1) is 5.92 Å². The Hall–Kier alpha value is -2.08. The highest BCUT2D eigenvalue weighted by Crippen LogP contribution is 2.29. The summed E-state index contributed by atoms with van der Waals surface area (Å²) >= 11 is 0. The summed E-state index contributed by atoms with van der Waals surface area (Å²) in [6.07, 6.45) is -2.88. The Morgan fingerprint density at radius 3 is 2.68 bits per heavy atom. The molecule has 1 unspecified atom stereocenters. The van der Waals surface area contributed by atoms with Crippen LogP contribution in [0.2, 0.25) is 0 Å². The molecule has 0 aliphatic carbocycles. The van der Waals surface area contributed by atoms with Crippen LogP contribution in [0.15, 0.2) is 6.33 Å². The first-order valence-corrected chi connectivity index (χ1v) is 7.91. The van der Waals surface area contributed by atoms with Crippen LogP contribution in [-0.2, 0) is 14.3 Å². The van der Waals surface area contributed by atoms with Gasteiger partial charge >= 0.3 is 5.97 Å². The van der Waals surface area contributed by atoms with E-state index in [4.69, 9.17) is 20.9 Å². The van der Waals surface area contributed by atoms with E-state index in [2.05, 4.69) is 10.1 Å². The molecule has 1 aliphatic rings. The number of nitrogens with zero attached hydrogens (tertiary/aromatic N) is 3. The predicted octanol–water partition coefficient (Wildman–Crippen LogP) is -2.09. The monoisotopic (exact) mass is 357 g/mol. The van der Waals surface area contributed by atoms with Gasteiger partial charge in [0.05, 0.1) is 0 Å². The van der Waals surface area contributed by atoms with Gasteiger partial charge in [0.15, 0.2) is 6.23 Å². The van der Waals surface area contributed by atoms with Crippen molar-refractivity contribution in [3.05, 3.63) is 12.2 Å². The molecule has 1 aliphatic heterocycles. The second-order valence-electron chi connectivity index (χ2n) is 6.00. The highest BCUT2D eigenvalue weighted by atomic mass is 16.6. The van der Waals surface area contributed by atoms with Gasteiger partial charge in [-0.05, 0) is 5.92 Å². The lowest BCUT2D eigenvalue weighted by atomic mass is 10.0. The molecule has 1 aromatic heterocycles. The summed E-state index contributed by atoms with van der Waals surface area (Å²) in [5.74, 6) is -1.75. The molecule has 140 valence electrons. The van der Waals surface area contributed by atoms with Gasteiger partial charge < -0.3 is 31.2 Å². The molecule has 2 rings (SSSR count). The minimum absolute atomic E-state index is 0.0531. The Labute approximate surface area is 143 Å². The van der Waals surface area contributed by atoms with Gasteiger partial charge in [0.25, 0.3) is 5.91 Å². The van der Waals surface area contributed by atoms with Gasteiger partial charge in [-0.25, -0.2) is 9.67 Å². The van der Waals surface area contributed by atoms with E-state index in [1.54, 1.807) is 0 Å². The quantitative estimate of drug-likeness (QED) is 0.399. The minimum atomic E-state index is -1.35. The molecule has 6 atom stereocenters. The molecule has 11 nitrogen and oxygen atoms in total. The summed E-state index contributed by atoms with van der Waals surface area (Å²) in [5, 5.41) is 23.9. The summed E-state index contributed by atoms with van der Waals surface area (Å²) < 4.78 is 11.6. The van der Waals surface area contributed by atoms with Crippen molar-refractivity contribution >= 4 is 11.9 Å². The summed E-state index contributed by atoms with van der Waals surface area (Å²) in [6.45, 7) is 3.45. The number of hydrogen-bond donors (Lipinski definition) is 4. The van der Waals surface area contributed by atoms with Crippen LogP contribution in [0.1, 0.15) is 37.1 Å². The van der Waals surface area contributed by atoms with E-state index in [0.29, 0.717) is 6.42 Å². The zero-order valence-electron chi connectivity index (χ0n) is 14.0. The third-order valence-corrected chi connectivity index (χ3v) is 4.25. The summed E-state index contributed by atoms with van der Waals surface area (Å²) in [4.78, 5) is 26.6. The molecule has 1 amide bonds. The van der Waals surface area contributed by atoms with E-state index >= 15 is 0 Å². The van der Waals surface area contributed by atoms with Crippen LogP contribution in [0.3, 0.4) is 0 Å². The van der Waals surface area contributed by atoms with Crippen LogP contribution >= 0.6 is 0 Å². The van der Waals surface area contributed by atoms with Crippen LogP contribution < -0.4 is 11.5 Å². The Morgan fingerprint density at radius 1 is 1.44 bits per heavy atom. The van der Waals surface area contributed by atoms with Gasteiger partial charge in [-0.1, -0.05) is 20.3 Å². The molecule has 0 radical (unpaired) electrons. The Balaban J connectivity index is 1.97. The molecule has 1 saturated heterocycles. The lowest BCUT2D eigenvalue weighted by Gasteiger charge is -2.19. The summed E-state index contributed by atoms with van der Waals surface area (Å²) in [7, 11) is 0. The van der Waals surface area contributed by atoms with Gasteiger partial charge in [-0.2, -0.15) is 0 Å². The average molecular weight is 357 g/mol. The number of aliphatic hydroxyl groups excluding tert-OH is 2. The third-order valence-electron chi connectivity index (χ3n) is 4.25. The first-order valence-electron chi connectivity index (χ1n) is 7.91. The molecule has 11 heteroatoms. The maximum atomic E-state index is 11.9. The number of carbonyl (C=O) groups excluding carboxylic acids is 2. The zero-order valence-corrected chi connectivity index (χ0v) is 14.0. The number of amides is 1. The molecular weight excluding hydrogens is 334 g/mol. The third kappa shape index (κ3) is 4.12. The van der Waals surface area contributed by atoms with Crippen molar-refractivity contribution in [3.8, 4) is 0 Å². The number of aromatic nitrogens is 3. The zero-order chi connectivity index (χ0) is 18.7. The predicted molar refractivity (Wildman–Crippen MR) is 82.9 cm³/mol. The van der Waals surface area contributed by atoms with Crippen LogP contribution in [-0.4, -0.2) is 67.8 Å². The van der Waals surface area contributed by atoms with Crippen molar-refractivity contribution < 1.29 is 29.3 Å². The fourth-order valence-electron chi connectivity index (χ4n) is 2.34. The van der Waals surface area contributed by atoms with Gasteiger partial charge in [-0.15, -0.1) is 5.10 Å². The fraction of sp³-hybridized carbons (Fsp3) is 0.714. The molecule has 0 saturated carbocycles. The largest absolute Gasteiger partial charge is 0.462 e. The number of carbonyl (C=O) groups is 2. The van der Waals surface area contributed by atoms with Crippen molar-refractivity contribution in [3.63, 3.8) is 0 Å². The lowest BCUT2D eigenvalue weighted by molar-refractivity contribution is -0.153. The number of ether oxygens (including phenoxy) is 2. The molecule has 6 N–H and O–H groups in total. The minimum Gasteiger partial charge on any atom is -0.462 e. The van der Waals surface area contributed by atoms with Crippen molar-refractivity contribution in [2.45, 2.75) is 50.8 Å². The van der Waals surface area contributed by atoms with Gasteiger partial charge in [0.2, 0.25) is 5.82 Å². The number of esters is 1. The second kappa shape index (κ2) is 7.87. The van der Waals surface area contributed by atoms with Crippen molar-refractivity contribution in [2.75, 3.05) is 6.61 Å². The van der Waals surface area contributed by atoms with Crippen LogP contribution in [0.25, 0.3) is 0 Å². The molecule has 25 heavy (non-hydrogen) atoms. The Morgan fingerprint density at radius 2 is 2.12 bits per heavy atom. The molecular formula is C14H23N5O6. The second-order valence-corrected chi connectivity index (χ2v) is 6.00. The maximum absolute atomic E-state index is 11.9. The fourth-order valence-corrected chi connectivity index (χ4v) is 2.34. The van der Waals surface area contributed by atoms with Gasteiger partial charge in [-0.3, -0.25) is 9.59 Å². The standard InChI is InChI=1S/C14H23N5O6/c1-3-6(2)8(15)14(23)24-4-7-9(20)10(21)13(25-7)19-5-17-12(18-19)11(16)22/h5-10,13,20-21H,3-4,15H2,1-2H3,(H2,16,22)/t6?,7-,8-,9-,10-,13-/m0/s1. The molecule has 0 spiro atoms. The first kappa shape index (κ1) is 19.2. The van der Waals surface area contributed by atoms with Gasteiger partial charge in [0.1, 0.15) is 37.3 Å². The van der Waals surface area contributed by atoms with Crippen LogP contribution in [0.5, 0.6) is 0 Å². The van der Waals surface area contributed by atoms with E-state index in [1.807, 2.05) is 13.8 Å². The Kier molecular flexibility index (Phi) is 6.06. The highest BCUT2D eigenvalue weighted by Gasteiger charge is 2.45. The van der Waals surface area contributed by atoms with Crippen LogP contribution in [0.4, 0.5) is 0 Å². The average Bonchev–Trinajstić information content (AvgIpc) is 3.18. The van der Waals surface area contributed by atoms with Crippen molar-refractivity contribution in [2.24, 2.45) is 17.4 Å². The van der Waals surface area contributed by atoms with E-state index in [-0.39, 0.29) is 18.3 Å². The molecule has 1 aromatic rings. The molecule has 1 fully saturated rings. The van der Waals surface area contributed by atoms with E-state index in [1.165, 1.54) is 0 Å². The number of rotatable bonds is 7. The summed E-state index contributed by atoms with van der Waals surface area (Å²) in [6, 6.07) is -0.780. The smallest absolute Gasteiger partial charge is 0.323 e. The number of primary amides is 1. The number of nitrogens with two attached hydrogens (primary N) is 2. The lowest BCUT2D eigenvalue weighted by Crippen LogP contribution is -2.40. The number of aliphatic hydroxyl groups is 2. The molecule has 0 aromatic carbocycles.